The van der Waals surface area contributed by atoms with E-state index >= 15 is 0 Å². The molecule has 0 amide bonds. The van der Waals surface area contributed by atoms with Crippen LogP contribution in [0.1, 0.15) is 11.1 Å². The molecule has 0 aliphatic carbocycles. The number of H-pyrrole nitrogens is 1. The molecule has 0 aliphatic rings. The van der Waals surface area contributed by atoms with Crippen LogP contribution in [0.3, 0.4) is 0 Å². The summed E-state index contributed by atoms with van der Waals surface area (Å²) in [4.78, 5) is 25.8. The normalized spacial score (nSPS) is 10.5. The zero-order valence-corrected chi connectivity index (χ0v) is 10.2. The smallest absolute Gasteiger partial charge is 0.297 e. The van der Waals surface area contributed by atoms with Crippen LogP contribution < -0.4 is 11.2 Å². The Balaban J connectivity index is 2.77. The van der Waals surface area contributed by atoms with Crippen molar-refractivity contribution in [2.45, 2.75) is 13.8 Å². The third kappa shape index (κ3) is 2.31. The second-order valence-electron chi connectivity index (χ2n) is 3.94. The highest BCUT2D eigenvalue weighted by Gasteiger charge is 2.06. The fraction of sp³-hybridized carbons (Fsp3) is 0.167. The summed E-state index contributed by atoms with van der Waals surface area (Å²) in [5.74, 6) is 0. The minimum atomic E-state index is -0.535. The van der Waals surface area contributed by atoms with Gasteiger partial charge in [-0.15, -0.1) is 0 Å². The number of nitrogens with one attached hydrogen (secondary N) is 1. The summed E-state index contributed by atoms with van der Waals surface area (Å²) in [5.41, 5.74) is 1.55. The van der Waals surface area contributed by atoms with Gasteiger partial charge in [-0.05, 0) is 37.1 Å². The molecule has 5 heteroatoms. The predicted molar refractivity (Wildman–Crippen MR) is 67.1 cm³/mol. The first kappa shape index (κ1) is 11.7. The number of aromatic amines is 1. The second kappa shape index (κ2) is 4.22. The first-order valence-electron chi connectivity index (χ1n) is 5.08. The van der Waals surface area contributed by atoms with E-state index in [2.05, 4.69) is 4.98 Å². The average molecular weight is 251 g/mol. The summed E-state index contributed by atoms with van der Waals surface area (Å²) in [6, 6.07) is 6.70. The Morgan fingerprint density at radius 2 is 1.65 bits per heavy atom. The molecule has 1 aromatic heterocycles. The van der Waals surface area contributed by atoms with Crippen molar-refractivity contribution in [1.82, 2.24) is 9.55 Å². The molecule has 0 saturated carbocycles. The van der Waals surface area contributed by atoms with Crippen molar-refractivity contribution in [3.63, 3.8) is 0 Å². The Kier molecular flexibility index (Phi) is 2.90. The van der Waals surface area contributed by atoms with Crippen molar-refractivity contribution in [3.8, 4) is 5.69 Å². The molecule has 1 N–H and O–H groups in total. The van der Waals surface area contributed by atoms with Gasteiger partial charge in [0.25, 0.3) is 5.56 Å². The zero-order chi connectivity index (χ0) is 12.6. The molecule has 0 radical (unpaired) electrons. The Hall–Kier alpha value is -1.81. The first-order chi connectivity index (χ1) is 7.97. The molecule has 1 aromatic carbocycles. The number of aromatic nitrogens is 2. The highest BCUT2D eigenvalue weighted by atomic mass is 35.5. The number of aryl methyl sites for hydroxylation is 2. The quantitative estimate of drug-likeness (QED) is 0.785. The van der Waals surface area contributed by atoms with E-state index in [0.717, 1.165) is 15.7 Å². The van der Waals surface area contributed by atoms with Crippen molar-refractivity contribution >= 4 is 11.6 Å². The summed E-state index contributed by atoms with van der Waals surface area (Å²) in [7, 11) is 0. The maximum atomic E-state index is 11.7. The summed E-state index contributed by atoms with van der Waals surface area (Å²) in [6.45, 7) is 3.82. The topological polar surface area (TPSA) is 54.9 Å². The first-order valence-corrected chi connectivity index (χ1v) is 5.46. The van der Waals surface area contributed by atoms with Crippen LogP contribution in [0.5, 0.6) is 0 Å². The molecule has 0 saturated heterocycles. The third-order valence-corrected chi connectivity index (χ3v) is 2.57. The van der Waals surface area contributed by atoms with E-state index in [9.17, 15) is 9.59 Å². The average Bonchev–Trinajstić information content (AvgIpc) is 2.13. The Labute approximate surface area is 102 Å². The standard InChI is InChI=1S/C12H11ClN2O2/c1-7-3-8(2)5-9(4-7)15-11(16)6-10(13)14-12(15)17/h3-6H,1-2H3,(H,14,17). The van der Waals surface area contributed by atoms with Gasteiger partial charge in [-0.3, -0.25) is 9.78 Å². The van der Waals surface area contributed by atoms with Crippen molar-refractivity contribution in [2.24, 2.45) is 0 Å². The summed E-state index contributed by atoms with van der Waals surface area (Å²) in [6.07, 6.45) is 0. The molecule has 1 heterocycles. The van der Waals surface area contributed by atoms with E-state index in [1.165, 1.54) is 6.07 Å². The highest BCUT2D eigenvalue weighted by molar-refractivity contribution is 6.29. The van der Waals surface area contributed by atoms with Crippen LogP contribution in [0.15, 0.2) is 33.9 Å². The number of rotatable bonds is 1. The van der Waals surface area contributed by atoms with Gasteiger partial charge in [0.1, 0.15) is 5.15 Å². The molecular weight excluding hydrogens is 240 g/mol. The number of hydrogen-bond donors (Lipinski definition) is 1. The molecule has 2 aromatic rings. The Bertz CT molecular complexity index is 634. The van der Waals surface area contributed by atoms with Crippen molar-refractivity contribution in [3.05, 3.63) is 61.4 Å². The predicted octanol–water partition coefficient (Wildman–Crippen LogP) is 1.80. The summed E-state index contributed by atoms with van der Waals surface area (Å²) < 4.78 is 1.06. The molecule has 0 spiro atoms. The van der Waals surface area contributed by atoms with Gasteiger partial charge in [0.05, 0.1) is 5.69 Å². The van der Waals surface area contributed by atoms with E-state index in [1.54, 1.807) is 12.1 Å². The molecule has 88 valence electrons. The maximum absolute atomic E-state index is 11.7. The highest BCUT2D eigenvalue weighted by Crippen LogP contribution is 2.10. The van der Waals surface area contributed by atoms with Gasteiger partial charge in [0.15, 0.2) is 0 Å². The molecule has 17 heavy (non-hydrogen) atoms. The molecule has 0 bridgehead atoms. The van der Waals surface area contributed by atoms with Crippen molar-refractivity contribution in [2.75, 3.05) is 0 Å². The van der Waals surface area contributed by atoms with Crippen LogP contribution in [-0.2, 0) is 0 Å². The minimum absolute atomic E-state index is 0.0422. The minimum Gasteiger partial charge on any atom is -0.297 e. The fourth-order valence-corrected chi connectivity index (χ4v) is 1.97. The lowest BCUT2D eigenvalue weighted by atomic mass is 10.1. The van der Waals surface area contributed by atoms with E-state index in [4.69, 9.17) is 11.6 Å². The van der Waals surface area contributed by atoms with Gasteiger partial charge in [0, 0.05) is 6.07 Å². The van der Waals surface area contributed by atoms with Gasteiger partial charge in [-0.1, -0.05) is 17.7 Å². The SMILES string of the molecule is Cc1cc(C)cc(-n2c(=O)cc(Cl)[nH]c2=O)c1. The second-order valence-corrected chi connectivity index (χ2v) is 4.35. The van der Waals surface area contributed by atoms with Crippen LogP contribution in [0.2, 0.25) is 5.15 Å². The molecule has 4 nitrogen and oxygen atoms in total. The molecule has 0 fully saturated rings. The Morgan fingerprint density at radius 1 is 1.06 bits per heavy atom. The molecule has 0 atom stereocenters. The van der Waals surface area contributed by atoms with E-state index in [1.807, 2.05) is 19.9 Å². The van der Waals surface area contributed by atoms with Gasteiger partial charge in [0.2, 0.25) is 0 Å². The largest absolute Gasteiger partial charge is 0.334 e. The van der Waals surface area contributed by atoms with Gasteiger partial charge < -0.3 is 0 Å². The monoisotopic (exact) mass is 250 g/mol. The zero-order valence-electron chi connectivity index (χ0n) is 9.45. The van der Waals surface area contributed by atoms with Crippen LogP contribution in [0, 0.1) is 13.8 Å². The van der Waals surface area contributed by atoms with Gasteiger partial charge in [-0.25, -0.2) is 9.36 Å². The van der Waals surface area contributed by atoms with Crippen molar-refractivity contribution in [1.29, 1.82) is 0 Å². The van der Waals surface area contributed by atoms with E-state index in [0.29, 0.717) is 5.69 Å². The lowest BCUT2D eigenvalue weighted by Crippen LogP contribution is -2.33. The molecular formula is C12H11ClN2O2. The third-order valence-electron chi connectivity index (χ3n) is 2.36. The number of benzene rings is 1. The maximum Gasteiger partial charge on any atom is 0.334 e. The summed E-state index contributed by atoms with van der Waals surface area (Å²) >= 11 is 5.60. The lowest BCUT2D eigenvalue weighted by molar-refractivity contribution is 0.873. The van der Waals surface area contributed by atoms with E-state index < -0.39 is 11.2 Å². The van der Waals surface area contributed by atoms with Crippen LogP contribution in [0.25, 0.3) is 5.69 Å². The van der Waals surface area contributed by atoms with Crippen molar-refractivity contribution < 1.29 is 0 Å². The number of hydrogen-bond acceptors (Lipinski definition) is 2. The molecule has 2 rings (SSSR count). The van der Waals surface area contributed by atoms with Gasteiger partial charge in [-0.2, -0.15) is 0 Å². The van der Waals surface area contributed by atoms with E-state index in [-0.39, 0.29) is 5.15 Å². The molecule has 0 aliphatic heterocycles. The van der Waals surface area contributed by atoms with Crippen LogP contribution in [-0.4, -0.2) is 9.55 Å². The summed E-state index contributed by atoms with van der Waals surface area (Å²) in [5, 5.41) is 0.0422. The molecule has 0 unspecified atom stereocenters. The Morgan fingerprint density at radius 3 is 2.18 bits per heavy atom. The fourth-order valence-electron chi connectivity index (χ4n) is 1.79. The lowest BCUT2D eigenvalue weighted by Gasteiger charge is -2.06. The number of nitrogens with zero attached hydrogens (tertiary/aromatic N) is 1. The number of halogens is 1. The van der Waals surface area contributed by atoms with Crippen LogP contribution >= 0.6 is 11.6 Å². The van der Waals surface area contributed by atoms with Gasteiger partial charge >= 0.3 is 5.69 Å². The van der Waals surface area contributed by atoms with Crippen LogP contribution in [0.4, 0.5) is 0 Å².